The highest BCUT2D eigenvalue weighted by atomic mass is 19.1. The molecule has 0 radical (unpaired) electrons. The van der Waals surface area contributed by atoms with Crippen molar-refractivity contribution in [3.8, 4) is 0 Å². The summed E-state index contributed by atoms with van der Waals surface area (Å²) in [5, 5.41) is 0. The lowest BCUT2D eigenvalue weighted by Crippen LogP contribution is -2.17. The van der Waals surface area contributed by atoms with Gasteiger partial charge < -0.3 is 14.4 Å². The molecule has 2 fully saturated rings. The van der Waals surface area contributed by atoms with Crippen LogP contribution in [0.25, 0.3) is 0 Å². The summed E-state index contributed by atoms with van der Waals surface area (Å²) in [7, 11) is 0. The van der Waals surface area contributed by atoms with E-state index in [1.165, 1.54) is 17.0 Å². The van der Waals surface area contributed by atoms with E-state index in [2.05, 4.69) is 4.74 Å². The second kappa shape index (κ2) is 6.00. The predicted molar refractivity (Wildman–Crippen MR) is 72.6 cm³/mol. The Morgan fingerprint density at radius 1 is 1.27 bits per heavy atom. The summed E-state index contributed by atoms with van der Waals surface area (Å²) < 4.78 is 35.5. The molecule has 2 aliphatic rings. The van der Waals surface area contributed by atoms with Crippen molar-refractivity contribution in [2.45, 2.75) is 38.6 Å². The monoisotopic (exact) mass is 313 g/mol. The molecule has 0 aliphatic carbocycles. The fourth-order valence-corrected chi connectivity index (χ4v) is 2.12. The van der Waals surface area contributed by atoms with Crippen LogP contribution in [0.15, 0.2) is 18.2 Å². The van der Waals surface area contributed by atoms with Gasteiger partial charge in [0, 0.05) is 6.07 Å². The SMILES string of the molecule is CC(C)(C)OC=O.O=C1COC2[C@@H](c3cc(F)cc(F)c3)N12. The molecular formula is C15H17F2NO4. The number of amides is 1. The van der Waals surface area contributed by atoms with Gasteiger partial charge >= 0.3 is 0 Å². The number of carbonyl (C=O) groups excluding carboxylic acids is 2. The number of ether oxygens (including phenoxy) is 2. The van der Waals surface area contributed by atoms with Crippen LogP contribution in [0.2, 0.25) is 0 Å². The number of nitrogens with zero attached hydrogens (tertiary/aromatic N) is 1. The van der Waals surface area contributed by atoms with Crippen LogP contribution in [-0.4, -0.2) is 35.7 Å². The minimum absolute atomic E-state index is 0.0684. The number of carbonyl (C=O) groups is 2. The Morgan fingerprint density at radius 2 is 1.86 bits per heavy atom. The Kier molecular flexibility index (Phi) is 4.46. The molecule has 0 bridgehead atoms. The maximum Gasteiger partial charge on any atom is 0.293 e. The third-order valence-electron chi connectivity index (χ3n) is 3.05. The first kappa shape index (κ1) is 16.4. The van der Waals surface area contributed by atoms with Gasteiger partial charge in [0.15, 0.2) is 6.23 Å². The summed E-state index contributed by atoms with van der Waals surface area (Å²) >= 11 is 0. The molecule has 2 aliphatic heterocycles. The summed E-state index contributed by atoms with van der Waals surface area (Å²) in [5.41, 5.74) is 0.132. The summed E-state index contributed by atoms with van der Waals surface area (Å²) in [4.78, 5) is 22.3. The second-order valence-corrected chi connectivity index (χ2v) is 5.98. The van der Waals surface area contributed by atoms with Crippen LogP contribution in [0.3, 0.4) is 0 Å². The third-order valence-corrected chi connectivity index (χ3v) is 3.05. The van der Waals surface area contributed by atoms with E-state index in [4.69, 9.17) is 4.74 Å². The van der Waals surface area contributed by atoms with Gasteiger partial charge in [0.2, 0.25) is 0 Å². The number of hydrogen-bond acceptors (Lipinski definition) is 4. The molecule has 5 nitrogen and oxygen atoms in total. The van der Waals surface area contributed by atoms with Crippen molar-refractivity contribution in [3.63, 3.8) is 0 Å². The predicted octanol–water partition coefficient (Wildman–Crippen LogP) is 2.16. The molecule has 7 heteroatoms. The third kappa shape index (κ3) is 3.79. The zero-order valence-corrected chi connectivity index (χ0v) is 12.5. The summed E-state index contributed by atoms with van der Waals surface area (Å²) in [5.74, 6) is -1.40. The van der Waals surface area contributed by atoms with Crippen LogP contribution >= 0.6 is 0 Å². The molecule has 1 unspecified atom stereocenters. The average molecular weight is 313 g/mol. The molecule has 0 saturated carbocycles. The molecule has 2 heterocycles. The van der Waals surface area contributed by atoms with E-state index >= 15 is 0 Å². The number of rotatable bonds is 2. The second-order valence-electron chi connectivity index (χ2n) is 5.98. The van der Waals surface area contributed by atoms with Gasteiger partial charge in [0.25, 0.3) is 12.4 Å². The smallest absolute Gasteiger partial charge is 0.293 e. The van der Waals surface area contributed by atoms with E-state index in [1.807, 2.05) is 20.8 Å². The molecule has 0 spiro atoms. The molecule has 0 N–H and O–H groups in total. The zero-order chi connectivity index (χ0) is 16.5. The Bertz CT molecular complexity index is 565. The molecule has 1 aromatic carbocycles. The van der Waals surface area contributed by atoms with Crippen LogP contribution in [0, 0.1) is 11.6 Å². The maximum absolute atomic E-state index is 12.9. The van der Waals surface area contributed by atoms with Crippen molar-refractivity contribution in [1.29, 1.82) is 0 Å². The zero-order valence-electron chi connectivity index (χ0n) is 12.5. The summed E-state index contributed by atoms with van der Waals surface area (Å²) in [6.07, 6.45) is -0.321. The number of halogens is 2. The van der Waals surface area contributed by atoms with Gasteiger partial charge in [0.1, 0.15) is 29.9 Å². The molecular weight excluding hydrogens is 296 g/mol. The van der Waals surface area contributed by atoms with Gasteiger partial charge in [-0.25, -0.2) is 8.78 Å². The van der Waals surface area contributed by atoms with Gasteiger partial charge in [-0.2, -0.15) is 0 Å². The van der Waals surface area contributed by atoms with Crippen molar-refractivity contribution >= 4 is 12.4 Å². The molecule has 1 amide bonds. The number of hydrogen-bond donors (Lipinski definition) is 0. The van der Waals surface area contributed by atoms with Gasteiger partial charge in [0.05, 0.1) is 0 Å². The lowest BCUT2D eigenvalue weighted by molar-refractivity contribution is -0.138. The van der Waals surface area contributed by atoms with Crippen LogP contribution in [0.1, 0.15) is 32.4 Å². The Labute approximate surface area is 126 Å². The first-order chi connectivity index (χ1) is 10.2. The molecule has 22 heavy (non-hydrogen) atoms. The largest absolute Gasteiger partial charge is 0.462 e. The van der Waals surface area contributed by atoms with Crippen molar-refractivity contribution in [2.24, 2.45) is 0 Å². The van der Waals surface area contributed by atoms with Crippen molar-refractivity contribution in [2.75, 3.05) is 6.61 Å². The van der Waals surface area contributed by atoms with Gasteiger partial charge in [-0.15, -0.1) is 0 Å². The highest BCUT2D eigenvalue weighted by Gasteiger charge is 2.57. The van der Waals surface area contributed by atoms with E-state index in [0.717, 1.165) is 6.07 Å². The first-order valence-electron chi connectivity index (χ1n) is 6.73. The lowest BCUT2D eigenvalue weighted by atomic mass is 10.1. The van der Waals surface area contributed by atoms with Crippen LogP contribution < -0.4 is 0 Å². The van der Waals surface area contributed by atoms with E-state index in [-0.39, 0.29) is 30.4 Å². The molecule has 2 atom stereocenters. The molecule has 1 aromatic rings. The van der Waals surface area contributed by atoms with Crippen LogP contribution in [0.4, 0.5) is 8.78 Å². The van der Waals surface area contributed by atoms with E-state index in [0.29, 0.717) is 12.0 Å². The van der Waals surface area contributed by atoms with Crippen molar-refractivity contribution in [1.82, 2.24) is 4.90 Å². The van der Waals surface area contributed by atoms with Crippen LogP contribution in [-0.2, 0) is 19.1 Å². The highest BCUT2D eigenvalue weighted by Crippen LogP contribution is 2.47. The number of benzene rings is 1. The van der Waals surface area contributed by atoms with Crippen molar-refractivity contribution < 1.29 is 27.8 Å². The van der Waals surface area contributed by atoms with Gasteiger partial charge in [-0.05, 0) is 38.5 Å². The normalized spacial score (nSPS) is 22.6. The standard InChI is InChI=1S/C10H7F2NO2.C5H10O2/c11-6-1-5(2-7(12)3-6)9-10-13(9)8(14)4-15-10;1-5(2,3)7-4-6/h1-3,9-10H,4H2;4H,1-3H3/t9-,10?,13?;/m1./s1. The Morgan fingerprint density at radius 3 is 2.23 bits per heavy atom. The quantitative estimate of drug-likeness (QED) is 0.620. The minimum atomic E-state index is -0.636. The minimum Gasteiger partial charge on any atom is -0.462 e. The summed E-state index contributed by atoms with van der Waals surface area (Å²) in [6.45, 7) is 5.99. The first-order valence-corrected chi connectivity index (χ1v) is 6.73. The van der Waals surface area contributed by atoms with E-state index < -0.39 is 11.6 Å². The molecule has 3 rings (SSSR count). The van der Waals surface area contributed by atoms with E-state index in [9.17, 15) is 18.4 Å². The number of fused-ring (bicyclic) bond motifs is 1. The molecule has 120 valence electrons. The van der Waals surface area contributed by atoms with Crippen LogP contribution in [0.5, 0.6) is 0 Å². The maximum atomic E-state index is 12.9. The van der Waals surface area contributed by atoms with Gasteiger partial charge in [-0.3, -0.25) is 9.59 Å². The fraction of sp³-hybridized carbons (Fsp3) is 0.467. The highest BCUT2D eigenvalue weighted by molar-refractivity contribution is 5.83. The fourth-order valence-electron chi connectivity index (χ4n) is 2.12. The van der Waals surface area contributed by atoms with Gasteiger partial charge in [-0.1, -0.05) is 0 Å². The Balaban J connectivity index is 0.000000217. The Hall–Kier alpha value is -2.02. The van der Waals surface area contributed by atoms with E-state index in [1.54, 1.807) is 0 Å². The molecule has 2 saturated heterocycles. The lowest BCUT2D eigenvalue weighted by Gasteiger charge is -2.14. The average Bonchev–Trinajstić information content (AvgIpc) is 2.98. The molecule has 0 aromatic heterocycles. The summed E-state index contributed by atoms with van der Waals surface area (Å²) in [6, 6.07) is 2.95. The topological polar surface area (TPSA) is 55.6 Å². The number of morpholine rings is 1. The van der Waals surface area contributed by atoms with Crippen molar-refractivity contribution in [3.05, 3.63) is 35.4 Å².